The van der Waals surface area contributed by atoms with Crippen molar-refractivity contribution in [3.63, 3.8) is 0 Å². The Morgan fingerprint density at radius 1 is 1.16 bits per heavy atom. The fraction of sp³-hybridized carbons (Fsp3) is 0.500. The minimum atomic E-state index is 0.00917. The van der Waals surface area contributed by atoms with Gasteiger partial charge in [-0.1, -0.05) is 23.4 Å². The van der Waals surface area contributed by atoms with E-state index in [1.807, 2.05) is 35.2 Å². The maximum Gasteiger partial charge on any atom is 0.324 e. The summed E-state index contributed by atoms with van der Waals surface area (Å²) in [5.41, 5.74) is 0. The van der Waals surface area contributed by atoms with Crippen LogP contribution in [0.15, 0.2) is 34.9 Å². The van der Waals surface area contributed by atoms with Crippen LogP contribution in [0.2, 0.25) is 0 Å². The maximum atomic E-state index is 12.4. The van der Waals surface area contributed by atoms with Crippen LogP contribution >= 0.6 is 0 Å². The zero-order valence-electron chi connectivity index (χ0n) is 14.1. The Balaban J connectivity index is 1.30. The number of hydrogen-bond donors (Lipinski definition) is 0. The quantitative estimate of drug-likeness (QED) is 0.828. The molecule has 4 rings (SSSR count). The van der Waals surface area contributed by atoms with Crippen molar-refractivity contribution in [2.45, 2.75) is 25.2 Å². The van der Waals surface area contributed by atoms with Gasteiger partial charge in [0.1, 0.15) is 5.75 Å². The van der Waals surface area contributed by atoms with Crippen LogP contribution in [0, 0.1) is 0 Å². The number of amides is 1. The van der Waals surface area contributed by atoms with Gasteiger partial charge in [-0.3, -0.25) is 4.79 Å². The van der Waals surface area contributed by atoms with Crippen LogP contribution in [-0.2, 0) is 4.79 Å². The molecule has 2 heterocycles. The molecule has 1 aliphatic heterocycles. The van der Waals surface area contributed by atoms with Crippen molar-refractivity contribution in [2.75, 3.05) is 37.7 Å². The smallest absolute Gasteiger partial charge is 0.324 e. The Hall–Kier alpha value is -2.57. The van der Waals surface area contributed by atoms with Crippen molar-refractivity contribution in [3.8, 4) is 5.75 Å². The first kappa shape index (κ1) is 15.9. The highest BCUT2D eigenvalue weighted by Crippen LogP contribution is 2.38. The van der Waals surface area contributed by atoms with Gasteiger partial charge in [-0.2, -0.15) is 4.98 Å². The molecule has 1 aromatic carbocycles. The van der Waals surface area contributed by atoms with Gasteiger partial charge in [0.2, 0.25) is 0 Å². The first-order chi connectivity index (χ1) is 12.3. The molecule has 0 N–H and O–H groups in total. The summed E-state index contributed by atoms with van der Waals surface area (Å²) in [5.74, 6) is 2.03. The lowest BCUT2D eigenvalue weighted by atomic mass is 10.3. The van der Waals surface area contributed by atoms with E-state index in [0.29, 0.717) is 30.8 Å². The van der Waals surface area contributed by atoms with E-state index < -0.39 is 0 Å². The Morgan fingerprint density at radius 2 is 2.00 bits per heavy atom. The van der Waals surface area contributed by atoms with Crippen LogP contribution in [-0.4, -0.2) is 53.7 Å². The molecule has 1 saturated carbocycles. The van der Waals surface area contributed by atoms with Gasteiger partial charge in [0.15, 0.2) is 12.4 Å². The minimum absolute atomic E-state index is 0.00917. The first-order valence-electron chi connectivity index (χ1n) is 8.84. The molecule has 0 atom stereocenters. The van der Waals surface area contributed by atoms with Gasteiger partial charge < -0.3 is 19.1 Å². The van der Waals surface area contributed by atoms with Crippen LogP contribution in [0.4, 0.5) is 6.01 Å². The third-order valence-corrected chi connectivity index (χ3v) is 4.60. The molecule has 0 spiro atoms. The summed E-state index contributed by atoms with van der Waals surface area (Å²) in [6.45, 7) is 2.94. The molecule has 2 fully saturated rings. The lowest BCUT2D eigenvalue weighted by Gasteiger charge is -2.21. The van der Waals surface area contributed by atoms with E-state index in [4.69, 9.17) is 9.26 Å². The molecular formula is C18H22N4O3. The summed E-state index contributed by atoms with van der Waals surface area (Å²) in [6, 6.07) is 9.99. The lowest BCUT2D eigenvalue weighted by Crippen LogP contribution is -2.38. The number of carbonyl (C=O) groups excluding carboxylic acids is 1. The largest absolute Gasteiger partial charge is 0.484 e. The van der Waals surface area contributed by atoms with E-state index in [2.05, 4.69) is 15.0 Å². The van der Waals surface area contributed by atoms with E-state index in [0.717, 1.165) is 38.2 Å². The molecule has 1 amide bonds. The normalized spacial score (nSPS) is 18.1. The molecule has 1 aromatic heterocycles. The number of carbonyl (C=O) groups is 1. The van der Waals surface area contributed by atoms with Gasteiger partial charge in [-0.25, -0.2) is 0 Å². The highest BCUT2D eigenvalue weighted by atomic mass is 16.5. The molecule has 0 unspecified atom stereocenters. The molecule has 25 heavy (non-hydrogen) atoms. The number of para-hydroxylation sites is 1. The van der Waals surface area contributed by atoms with Crippen molar-refractivity contribution in [2.24, 2.45) is 0 Å². The molecule has 0 radical (unpaired) electrons. The molecule has 1 aliphatic carbocycles. The third kappa shape index (κ3) is 3.92. The average Bonchev–Trinajstić information content (AvgIpc) is 3.43. The van der Waals surface area contributed by atoms with Crippen molar-refractivity contribution in [1.29, 1.82) is 0 Å². The predicted octanol–water partition coefficient (Wildman–Crippen LogP) is 2.06. The second-order valence-corrected chi connectivity index (χ2v) is 6.53. The minimum Gasteiger partial charge on any atom is -0.484 e. The number of nitrogens with zero attached hydrogens (tertiary/aromatic N) is 4. The Kier molecular flexibility index (Phi) is 4.54. The molecule has 1 saturated heterocycles. The van der Waals surface area contributed by atoms with Gasteiger partial charge >= 0.3 is 6.01 Å². The van der Waals surface area contributed by atoms with Crippen LogP contribution < -0.4 is 9.64 Å². The van der Waals surface area contributed by atoms with Crippen molar-refractivity contribution in [1.82, 2.24) is 15.0 Å². The van der Waals surface area contributed by atoms with Gasteiger partial charge in [0, 0.05) is 32.1 Å². The second kappa shape index (κ2) is 7.13. The van der Waals surface area contributed by atoms with E-state index in [-0.39, 0.29) is 12.5 Å². The highest BCUT2D eigenvalue weighted by molar-refractivity contribution is 5.77. The van der Waals surface area contributed by atoms with Crippen molar-refractivity contribution < 1.29 is 14.1 Å². The van der Waals surface area contributed by atoms with Crippen molar-refractivity contribution in [3.05, 3.63) is 36.2 Å². The molecular weight excluding hydrogens is 320 g/mol. The highest BCUT2D eigenvalue weighted by Gasteiger charge is 2.30. The lowest BCUT2D eigenvalue weighted by molar-refractivity contribution is -0.133. The summed E-state index contributed by atoms with van der Waals surface area (Å²) in [6.07, 6.45) is 3.18. The Bertz CT molecular complexity index is 714. The molecule has 2 aromatic rings. The fourth-order valence-corrected chi connectivity index (χ4v) is 2.97. The van der Waals surface area contributed by atoms with E-state index in [1.165, 1.54) is 0 Å². The van der Waals surface area contributed by atoms with Crippen LogP contribution in [0.3, 0.4) is 0 Å². The van der Waals surface area contributed by atoms with Gasteiger partial charge in [0.25, 0.3) is 5.91 Å². The zero-order chi connectivity index (χ0) is 17.1. The monoisotopic (exact) mass is 342 g/mol. The van der Waals surface area contributed by atoms with Crippen LogP contribution in [0.1, 0.15) is 31.0 Å². The van der Waals surface area contributed by atoms with E-state index in [1.54, 1.807) is 0 Å². The Labute approximate surface area is 146 Å². The van der Waals surface area contributed by atoms with E-state index in [9.17, 15) is 4.79 Å². The SMILES string of the molecule is O=C(COc1ccccc1)N1CCCN(c2nc(C3CC3)no2)CC1. The number of hydrogen-bond acceptors (Lipinski definition) is 6. The number of benzene rings is 1. The van der Waals surface area contributed by atoms with Gasteiger partial charge in [-0.15, -0.1) is 0 Å². The van der Waals surface area contributed by atoms with E-state index >= 15 is 0 Å². The maximum absolute atomic E-state index is 12.4. The molecule has 0 bridgehead atoms. The van der Waals surface area contributed by atoms with Crippen LogP contribution in [0.25, 0.3) is 0 Å². The van der Waals surface area contributed by atoms with Gasteiger partial charge in [-0.05, 0) is 31.4 Å². The molecule has 132 valence electrons. The Morgan fingerprint density at radius 3 is 2.80 bits per heavy atom. The predicted molar refractivity (Wildman–Crippen MR) is 91.6 cm³/mol. The zero-order valence-corrected chi connectivity index (χ0v) is 14.1. The molecule has 7 nitrogen and oxygen atoms in total. The topological polar surface area (TPSA) is 71.7 Å². The second-order valence-electron chi connectivity index (χ2n) is 6.53. The van der Waals surface area contributed by atoms with Crippen molar-refractivity contribution >= 4 is 11.9 Å². The first-order valence-corrected chi connectivity index (χ1v) is 8.84. The summed E-state index contributed by atoms with van der Waals surface area (Å²) in [4.78, 5) is 20.8. The summed E-state index contributed by atoms with van der Waals surface area (Å²) < 4.78 is 11.0. The molecule has 7 heteroatoms. The standard InChI is InChI=1S/C18H22N4O3/c23-16(13-24-15-5-2-1-3-6-15)21-9-4-10-22(12-11-21)18-19-17(20-25-18)14-7-8-14/h1-3,5-6,14H,4,7-13H2. The van der Waals surface area contributed by atoms with Crippen LogP contribution in [0.5, 0.6) is 5.75 Å². The van der Waals surface area contributed by atoms with Gasteiger partial charge in [0.05, 0.1) is 0 Å². The summed E-state index contributed by atoms with van der Waals surface area (Å²) >= 11 is 0. The number of anilines is 1. The average molecular weight is 342 g/mol. The number of ether oxygens (including phenoxy) is 1. The summed E-state index contributed by atoms with van der Waals surface area (Å²) in [5, 5.41) is 4.07. The number of aromatic nitrogens is 2. The third-order valence-electron chi connectivity index (χ3n) is 4.60. The number of rotatable bonds is 5. The fourth-order valence-electron chi connectivity index (χ4n) is 2.97. The summed E-state index contributed by atoms with van der Waals surface area (Å²) in [7, 11) is 0. The molecule has 2 aliphatic rings.